The number of aliphatic hydroxyl groups excluding tert-OH is 1. The van der Waals surface area contributed by atoms with Crippen molar-refractivity contribution in [2.24, 2.45) is 0 Å². The lowest BCUT2D eigenvalue weighted by molar-refractivity contribution is 0.291. The van der Waals surface area contributed by atoms with E-state index in [9.17, 15) is 4.79 Å². The molecule has 4 heterocycles. The number of nitrogens with one attached hydrogen (secondary N) is 1. The Bertz CT molecular complexity index is 1250. The molecule has 1 aliphatic carbocycles. The molecular weight excluding hydrogens is 392 g/mol. The highest BCUT2D eigenvalue weighted by atomic mass is 35.5. The van der Waals surface area contributed by atoms with Gasteiger partial charge >= 0.3 is 5.69 Å². The summed E-state index contributed by atoms with van der Waals surface area (Å²) in [4.78, 5) is 22.2. The number of pyridine rings is 2. The van der Waals surface area contributed by atoms with Gasteiger partial charge in [-0.15, -0.1) is 0 Å². The first-order valence-electron chi connectivity index (χ1n) is 9.69. The first kappa shape index (κ1) is 18.4. The minimum atomic E-state index is -0.0279. The van der Waals surface area contributed by atoms with Crippen LogP contribution in [0.2, 0.25) is 5.02 Å². The van der Waals surface area contributed by atoms with E-state index >= 15 is 0 Å². The van der Waals surface area contributed by atoms with Crippen LogP contribution in [-0.4, -0.2) is 41.8 Å². The van der Waals surface area contributed by atoms with Gasteiger partial charge in [0.15, 0.2) is 0 Å². The Kier molecular flexibility index (Phi) is 4.61. The molecule has 1 saturated carbocycles. The van der Waals surface area contributed by atoms with E-state index in [1.807, 2.05) is 27.3 Å². The van der Waals surface area contributed by atoms with E-state index in [-0.39, 0.29) is 18.3 Å². The lowest BCUT2D eigenvalue weighted by Crippen LogP contribution is -2.25. The molecule has 4 aromatic heterocycles. The van der Waals surface area contributed by atoms with Gasteiger partial charge in [0.2, 0.25) is 0 Å². The normalized spacial score (nSPS) is 14.3. The molecule has 0 spiro atoms. The van der Waals surface area contributed by atoms with Crippen molar-refractivity contribution in [1.82, 2.24) is 28.8 Å². The maximum absolute atomic E-state index is 13.2. The summed E-state index contributed by atoms with van der Waals surface area (Å²) in [6, 6.07) is 5.79. The minimum absolute atomic E-state index is 0.0279. The van der Waals surface area contributed by atoms with Crippen LogP contribution < -0.4 is 11.0 Å². The predicted molar refractivity (Wildman–Crippen MR) is 110 cm³/mol. The van der Waals surface area contributed by atoms with Gasteiger partial charge in [-0.3, -0.25) is 14.1 Å². The fraction of sp³-hybridized carbons (Fsp3) is 0.350. The molecule has 29 heavy (non-hydrogen) atoms. The van der Waals surface area contributed by atoms with E-state index in [0.717, 1.165) is 40.9 Å². The summed E-state index contributed by atoms with van der Waals surface area (Å²) in [6.07, 6.45) is 7.41. The van der Waals surface area contributed by atoms with Crippen LogP contribution in [0.3, 0.4) is 0 Å². The van der Waals surface area contributed by atoms with Gasteiger partial charge in [-0.05, 0) is 25.0 Å². The summed E-state index contributed by atoms with van der Waals surface area (Å²) in [5.74, 6) is 0. The second-order valence-electron chi connectivity index (χ2n) is 7.31. The number of rotatable bonds is 7. The molecule has 8 nitrogen and oxygen atoms in total. The Balaban J connectivity index is 1.63. The molecule has 1 fully saturated rings. The van der Waals surface area contributed by atoms with Crippen LogP contribution in [0.4, 0.5) is 0 Å². The second kappa shape index (κ2) is 7.29. The Hall–Kier alpha value is -2.68. The number of hydrogen-bond donors (Lipinski definition) is 2. The summed E-state index contributed by atoms with van der Waals surface area (Å²) < 4.78 is 5.60. The number of fused-ring (bicyclic) bond motifs is 2. The molecule has 0 amide bonds. The van der Waals surface area contributed by atoms with Crippen LogP contribution in [0.25, 0.3) is 16.7 Å². The van der Waals surface area contributed by atoms with Gasteiger partial charge in [0.1, 0.15) is 5.65 Å². The number of aliphatic hydroxyl groups is 1. The lowest BCUT2D eigenvalue weighted by atomic mass is 10.3. The van der Waals surface area contributed by atoms with Crippen LogP contribution in [0.1, 0.15) is 30.3 Å². The zero-order valence-electron chi connectivity index (χ0n) is 15.8. The molecule has 0 aromatic carbocycles. The third-order valence-corrected chi connectivity index (χ3v) is 5.57. The monoisotopic (exact) mass is 412 g/mol. The topological polar surface area (TPSA) is 89.4 Å². The lowest BCUT2D eigenvalue weighted by Gasteiger charge is -2.07. The molecule has 0 aliphatic heterocycles. The first-order chi connectivity index (χ1) is 14.2. The number of hydrogen-bond acceptors (Lipinski definition) is 5. The fourth-order valence-electron chi connectivity index (χ4n) is 3.83. The van der Waals surface area contributed by atoms with E-state index in [0.29, 0.717) is 24.7 Å². The first-order valence-corrected chi connectivity index (χ1v) is 10.1. The summed E-state index contributed by atoms with van der Waals surface area (Å²) >= 11 is 6.15. The van der Waals surface area contributed by atoms with Crippen molar-refractivity contribution in [2.45, 2.75) is 32.0 Å². The average Bonchev–Trinajstić information content (AvgIpc) is 3.44. The van der Waals surface area contributed by atoms with Gasteiger partial charge < -0.3 is 14.8 Å². The van der Waals surface area contributed by atoms with Crippen molar-refractivity contribution in [2.75, 3.05) is 13.2 Å². The Morgan fingerprint density at radius 2 is 2.14 bits per heavy atom. The maximum atomic E-state index is 13.2. The van der Waals surface area contributed by atoms with Gasteiger partial charge in [0.05, 0.1) is 41.8 Å². The van der Waals surface area contributed by atoms with Crippen LogP contribution in [0.15, 0.2) is 41.6 Å². The largest absolute Gasteiger partial charge is 0.395 e. The summed E-state index contributed by atoms with van der Waals surface area (Å²) in [7, 11) is 0. The number of halogens is 1. The SMILES string of the molecule is O=c1n(Cc2nc3cc(Cl)ccn3c2CNCCO)c2cnccc2n1C1CC1. The molecule has 4 aromatic rings. The van der Waals surface area contributed by atoms with E-state index in [1.54, 1.807) is 23.0 Å². The van der Waals surface area contributed by atoms with Gasteiger partial charge in [-0.2, -0.15) is 0 Å². The quantitative estimate of drug-likeness (QED) is 0.453. The second-order valence-corrected chi connectivity index (χ2v) is 7.75. The third-order valence-electron chi connectivity index (χ3n) is 5.34. The predicted octanol–water partition coefficient (Wildman–Crippen LogP) is 1.96. The molecule has 0 radical (unpaired) electrons. The summed E-state index contributed by atoms with van der Waals surface area (Å²) in [6.45, 7) is 1.40. The molecular formula is C20H21ClN6O2. The minimum Gasteiger partial charge on any atom is -0.395 e. The Labute approximate surface area is 171 Å². The number of nitrogens with zero attached hydrogens (tertiary/aromatic N) is 5. The highest BCUT2D eigenvalue weighted by Crippen LogP contribution is 2.36. The van der Waals surface area contributed by atoms with E-state index < -0.39 is 0 Å². The highest BCUT2D eigenvalue weighted by Gasteiger charge is 2.29. The van der Waals surface area contributed by atoms with Crippen molar-refractivity contribution < 1.29 is 5.11 Å². The molecule has 5 rings (SSSR count). The number of aromatic nitrogens is 5. The van der Waals surface area contributed by atoms with E-state index in [2.05, 4.69) is 10.3 Å². The third kappa shape index (κ3) is 3.23. The summed E-state index contributed by atoms with van der Waals surface area (Å²) in [5, 5.41) is 12.9. The van der Waals surface area contributed by atoms with Crippen molar-refractivity contribution in [3.63, 3.8) is 0 Å². The van der Waals surface area contributed by atoms with Crippen LogP contribution in [0.5, 0.6) is 0 Å². The molecule has 9 heteroatoms. The highest BCUT2D eigenvalue weighted by molar-refractivity contribution is 6.30. The average molecular weight is 413 g/mol. The molecule has 0 saturated heterocycles. The molecule has 0 atom stereocenters. The Morgan fingerprint density at radius 3 is 2.93 bits per heavy atom. The van der Waals surface area contributed by atoms with Gasteiger partial charge in [0, 0.05) is 42.6 Å². The van der Waals surface area contributed by atoms with Crippen LogP contribution in [-0.2, 0) is 13.1 Å². The van der Waals surface area contributed by atoms with Crippen molar-refractivity contribution in [1.29, 1.82) is 0 Å². The van der Waals surface area contributed by atoms with E-state index in [4.69, 9.17) is 21.7 Å². The summed E-state index contributed by atoms with van der Waals surface area (Å²) in [5.41, 5.74) is 4.16. The standard InChI is InChI=1S/C20H21ClN6O2/c21-13-4-7-25-17(10-23-6-8-28)15(24-19(25)9-13)12-26-18-11-22-5-3-16(18)27(20(26)29)14-1-2-14/h3-5,7,9,11,14,23,28H,1-2,6,8,10,12H2. The van der Waals surface area contributed by atoms with Crippen LogP contribution in [0, 0.1) is 0 Å². The zero-order chi connectivity index (χ0) is 20.0. The van der Waals surface area contributed by atoms with Crippen molar-refractivity contribution in [3.8, 4) is 0 Å². The molecule has 0 bridgehead atoms. The fourth-order valence-corrected chi connectivity index (χ4v) is 3.99. The zero-order valence-corrected chi connectivity index (χ0v) is 16.5. The number of imidazole rings is 2. The molecule has 0 unspecified atom stereocenters. The van der Waals surface area contributed by atoms with Gasteiger partial charge in [0.25, 0.3) is 0 Å². The van der Waals surface area contributed by atoms with E-state index in [1.165, 1.54) is 0 Å². The van der Waals surface area contributed by atoms with Gasteiger partial charge in [-0.1, -0.05) is 11.6 Å². The molecule has 2 N–H and O–H groups in total. The molecule has 1 aliphatic rings. The van der Waals surface area contributed by atoms with Crippen molar-refractivity contribution in [3.05, 3.63) is 63.7 Å². The smallest absolute Gasteiger partial charge is 0.329 e. The van der Waals surface area contributed by atoms with Gasteiger partial charge in [-0.25, -0.2) is 9.78 Å². The van der Waals surface area contributed by atoms with Crippen LogP contribution >= 0.6 is 11.6 Å². The molecule has 150 valence electrons. The maximum Gasteiger partial charge on any atom is 0.329 e. The van der Waals surface area contributed by atoms with Crippen molar-refractivity contribution >= 4 is 28.3 Å². The Morgan fingerprint density at radius 1 is 1.28 bits per heavy atom.